The highest BCUT2D eigenvalue weighted by Gasteiger charge is 2.21. The van der Waals surface area contributed by atoms with Crippen LogP contribution in [-0.4, -0.2) is 39.8 Å². The number of pyridine rings is 1. The number of amides is 1. The summed E-state index contributed by atoms with van der Waals surface area (Å²) in [7, 11) is 1.84. The monoisotopic (exact) mass is 332 g/mol. The van der Waals surface area contributed by atoms with E-state index in [1.54, 1.807) is 10.9 Å². The summed E-state index contributed by atoms with van der Waals surface area (Å²) in [6.07, 6.45) is 5.53. The molecule has 1 saturated heterocycles. The third-order valence-electron chi connectivity index (χ3n) is 4.19. The Morgan fingerprint density at radius 1 is 1.33 bits per heavy atom. The van der Waals surface area contributed by atoms with Crippen molar-refractivity contribution in [1.82, 2.24) is 14.8 Å². The Kier molecular flexibility index (Phi) is 4.75. The molecule has 1 aliphatic rings. The molecule has 1 aliphatic heterocycles. The van der Waals surface area contributed by atoms with E-state index >= 15 is 0 Å². The molecule has 0 bridgehead atoms. The molecule has 0 spiro atoms. The van der Waals surface area contributed by atoms with Crippen LogP contribution in [0, 0.1) is 5.82 Å². The highest BCUT2D eigenvalue weighted by atomic mass is 19.1. The van der Waals surface area contributed by atoms with Crippen LogP contribution in [0.1, 0.15) is 29.8 Å². The molecule has 0 radical (unpaired) electrons. The topological polar surface area (TPSA) is 89.1 Å². The first kappa shape index (κ1) is 16.4. The van der Waals surface area contributed by atoms with Gasteiger partial charge in [-0.2, -0.15) is 5.10 Å². The van der Waals surface area contributed by atoms with Gasteiger partial charge in [0.15, 0.2) is 5.82 Å². The molecule has 3 rings (SSSR count). The number of nitrogens with two attached hydrogens (primary N) is 1. The number of halogens is 1. The minimum absolute atomic E-state index is 0.157. The summed E-state index contributed by atoms with van der Waals surface area (Å²) in [4.78, 5) is 18.3. The predicted molar refractivity (Wildman–Crippen MR) is 89.4 cm³/mol. The van der Waals surface area contributed by atoms with E-state index in [1.807, 2.05) is 7.05 Å². The van der Waals surface area contributed by atoms with Gasteiger partial charge in [0.25, 0.3) is 5.91 Å². The van der Waals surface area contributed by atoms with Crippen molar-refractivity contribution < 1.29 is 9.18 Å². The van der Waals surface area contributed by atoms with Gasteiger partial charge >= 0.3 is 0 Å². The van der Waals surface area contributed by atoms with Gasteiger partial charge in [-0.1, -0.05) is 0 Å². The van der Waals surface area contributed by atoms with Gasteiger partial charge in [0.2, 0.25) is 0 Å². The number of nitrogens with one attached hydrogen (secondary N) is 1. The number of carbonyl (C=O) groups is 1. The lowest BCUT2D eigenvalue weighted by atomic mass is 10.1. The van der Waals surface area contributed by atoms with Gasteiger partial charge in [0, 0.05) is 26.2 Å². The van der Waals surface area contributed by atoms with Crippen molar-refractivity contribution in [1.29, 1.82) is 0 Å². The molecule has 1 atom stereocenters. The van der Waals surface area contributed by atoms with Crippen molar-refractivity contribution in [3.63, 3.8) is 0 Å². The number of carbonyl (C=O) groups excluding carboxylic acids is 1. The van der Waals surface area contributed by atoms with E-state index in [9.17, 15) is 9.18 Å². The van der Waals surface area contributed by atoms with Crippen LogP contribution in [0.5, 0.6) is 0 Å². The fraction of sp³-hybridized carbons (Fsp3) is 0.438. The molecular formula is C16H21FN6O. The van der Waals surface area contributed by atoms with Crippen LogP contribution in [0.25, 0.3) is 0 Å². The maximum atomic E-state index is 12.9. The van der Waals surface area contributed by atoms with Crippen molar-refractivity contribution in [2.45, 2.75) is 25.3 Å². The van der Waals surface area contributed by atoms with Crippen molar-refractivity contribution in [3.8, 4) is 0 Å². The third kappa shape index (κ3) is 3.53. The molecule has 0 aliphatic carbocycles. The van der Waals surface area contributed by atoms with E-state index in [0.29, 0.717) is 5.69 Å². The first-order valence-electron chi connectivity index (χ1n) is 8.00. The fourth-order valence-corrected chi connectivity index (χ4v) is 2.92. The fourth-order valence-electron chi connectivity index (χ4n) is 2.92. The van der Waals surface area contributed by atoms with Crippen molar-refractivity contribution in [2.24, 2.45) is 12.8 Å². The summed E-state index contributed by atoms with van der Waals surface area (Å²) in [5.74, 6) is -0.0233. The van der Waals surface area contributed by atoms with E-state index in [1.165, 1.54) is 12.1 Å². The zero-order valence-electron chi connectivity index (χ0n) is 13.6. The molecule has 1 fully saturated rings. The molecule has 8 heteroatoms. The first-order valence-corrected chi connectivity index (χ1v) is 8.00. The minimum Gasteiger partial charge on any atom is -0.355 e. The quantitative estimate of drug-likeness (QED) is 0.890. The maximum Gasteiger partial charge on any atom is 0.274 e. The van der Waals surface area contributed by atoms with E-state index in [-0.39, 0.29) is 11.7 Å². The lowest BCUT2D eigenvalue weighted by Gasteiger charge is -2.24. The summed E-state index contributed by atoms with van der Waals surface area (Å²) in [6, 6.07) is 2.78. The van der Waals surface area contributed by atoms with Crippen LogP contribution >= 0.6 is 0 Å². The number of aromatic nitrogens is 3. The molecule has 0 aromatic carbocycles. The molecule has 0 unspecified atom stereocenters. The van der Waals surface area contributed by atoms with Gasteiger partial charge in [0.1, 0.15) is 17.2 Å². The van der Waals surface area contributed by atoms with Gasteiger partial charge in [0.05, 0.1) is 12.4 Å². The van der Waals surface area contributed by atoms with Crippen LogP contribution in [-0.2, 0) is 7.05 Å². The Morgan fingerprint density at radius 3 is 2.92 bits per heavy atom. The number of aryl methyl sites for hydroxylation is 1. The van der Waals surface area contributed by atoms with Crippen LogP contribution in [0.3, 0.4) is 0 Å². The molecule has 2 aromatic heterocycles. The number of nitrogens with zero attached hydrogens (tertiary/aromatic N) is 4. The lowest BCUT2D eigenvalue weighted by Crippen LogP contribution is -2.29. The van der Waals surface area contributed by atoms with E-state index < -0.39 is 11.7 Å². The minimum atomic E-state index is -0.477. The zero-order valence-corrected chi connectivity index (χ0v) is 13.6. The zero-order chi connectivity index (χ0) is 17.1. The van der Waals surface area contributed by atoms with Crippen LogP contribution in [0.2, 0.25) is 0 Å². The van der Waals surface area contributed by atoms with Crippen molar-refractivity contribution in [3.05, 3.63) is 36.0 Å². The molecule has 0 saturated carbocycles. The van der Waals surface area contributed by atoms with Crippen molar-refractivity contribution in [2.75, 3.05) is 23.3 Å². The smallest absolute Gasteiger partial charge is 0.274 e. The summed E-state index contributed by atoms with van der Waals surface area (Å²) in [6.45, 7) is 1.68. The summed E-state index contributed by atoms with van der Waals surface area (Å²) in [5, 5.41) is 7.07. The van der Waals surface area contributed by atoms with Crippen molar-refractivity contribution >= 4 is 17.4 Å². The second kappa shape index (κ2) is 6.96. The Balaban J connectivity index is 1.79. The van der Waals surface area contributed by atoms with Crippen LogP contribution in [0.4, 0.5) is 15.9 Å². The SMILES string of the molecule is Cn1ncc(NC(=O)c2ccc(F)cn2)c1N1CCC[C@@H](N)CC1. The summed E-state index contributed by atoms with van der Waals surface area (Å²) < 4.78 is 14.7. The Bertz CT molecular complexity index is 714. The van der Waals surface area contributed by atoms with E-state index in [4.69, 9.17) is 5.73 Å². The normalized spacial score (nSPS) is 18.3. The Labute approximate surface area is 139 Å². The third-order valence-corrected chi connectivity index (χ3v) is 4.19. The Hall–Kier alpha value is -2.48. The standard InChI is InChI=1S/C16H21FN6O/c1-22-16(23-7-2-3-12(18)6-8-23)14(10-20-22)21-15(24)13-5-4-11(17)9-19-13/h4-5,9-10,12H,2-3,6-8,18H2,1H3,(H,21,24)/t12-/m1/s1. The molecular weight excluding hydrogens is 311 g/mol. The summed E-state index contributed by atoms with van der Waals surface area (Å²) in [5.41, 5.74) is 6.81. The highest BCUT2D eigenvalue weighted by Crippen LogP contribution is 2.27. The Morgan fingerprint density at radius 2 is 2.17 bits per heavy atom. The molecule has 7 nitrogen and oxygen atoms in total. The molecule has 128 valence electrons. The second-order valence-corrected chi connectivity index (χ2v) is 6.00. The lowest BCUT2D eigenvalue weighted by molar-refractivity contribution is 0.102. The van der Waals surface area contributed by atoms with Gasteiger partial charge in [-0.25, -0.2) is 9.37 Å². The average Bonchev–Trinajstić information content (AvgIpc) is 2.78. The molecule has 3 N–H and O–H groups in total. The molecule has 24 heavy (non-hydrogen) atoms. The highest BCUT2D eigenvalue weighted by molar-refractivity contribution is 6.04. The number of rotatable bonds is 3. The largest absolute Gasteiger partial charge is 0.355 e. The number of hydrogen-bond acceptors (Lipinski definition) is 5. The van der Waals surface area contributed by atoms with Gasteiger partial charge in [-0.05, 0) is 31.4 Å². The molecule has 2 aromatic rings. The first-order chi connectivity index (χ1) is 11.5. The second-order valence-electron chi connectivity index (χ2n) is 6.00. The van der Waals surface area contributed by atoms with Gasteiger partial charge in [-0.15, -0.1) is 0 Å². The van der Waals surface area contributed by atoms with Crippen LogP contribution in [0.15, 0.2) is 24.5 Å². The molecule has 3 heterocycles. The average molecular weight is 332 g/mol. The molecule has 1 amide bonds. The summed E-state index contributed by atoms with van der Waals surface area (Å²) >= 11 is 0. The number of hydrogen-bond donors (Lipinski definition) is 2. The van der Waals surface area contributed by atoms with E-state index in [2.05, 4.69) is 20.3 Å². The van der Waals surface area contributed by atoms with E-state index in [0.717, 1.165) is 44.4 Å². The van der Waals surface area contributed by atoms with Crippen LogP contribution < -0.4 is 16.0 Å². The van der Waals surface area contributed by atoms with Gasteiger partial charge < -0.3 is 16.0 Å². The maximum absolute atomic E-state index is 12.9. The van der Waals surface area contributed by atoms with Gasteiger partial charge in [-0.3, -0.25) is 9.48 Å². The number of anilines is 2. The predicted octanol–water partition coefficient (Wildman–Crippen LogP) is 1.52.